The number of hydrogen-bond donors (Lipinski definition) is 1. The third kappa shape index (κ3) is 5.98. The number of carbonyl (C=O) groups is 1. The molecule has 1 aliphatic rings. The van der Waals surface area contributed by atoms with Crippen LogP contribution in [-0.2, 0) is 19.7 Å². The van der Waals surface area contributed by atoms with Crippen molar-refractivity contribution in [3.63, 3.8) is 0 Å². The van der Waals surface area contributed by atoms with Crippen molar-refractivity contribution in [1.82, 2.24) is 4.31 Å². The molecule has 10 heteroatoms. The number of hydrogen-bond acceptors (Lipinski definition) is 7. The number of anilines is 1. The zero-order valence-electron chi connectivity index (χ0n) is 18.1. The first kappa shape index (κ1) is 23.6. The molecule has 1 aliphatic heterocycles. The summed E-state index contributed by atoms with van der Waals surface area (Å²) < 4.78 is 37.3. The number of ether oxygens (including phenoxy) is 2. The molecule has 0 unspecified atom stereocenters. The van der Waals surface area contributed by atoms with Crippen molar-refractivity contribution in [1.29, 1.82) is 0 Å². The van der Waals surface area contributed by atoms with Gasteiger partial charge in [0.15, 0.2) is 18.1 Å². The molecule has 0 spiro atoms. The van der Waals surface area contributed by atoms with Crippen LogP contribution >= 0.6 is 0 Å². The van der Waals surface area contributed by atoms with Crippen molar-refractivity contribution in [3.8, 4) is 11.5 Å². The Morgan fingerprint density at radius 3 is 2.50 bits per heavy atom. The van der Waals surface area contributed by atoms with Gasteiger partial charge in [0.25, 0.3) is 5.91 Å². The summed E-state index contributed by atoms with van der Waals surface area (Å²) >= 11 is 0. The van der Waals surface area contributed by atoms with Gasteiger partial charge in [0.2, 0.25) is 10.0 Å². The summed E-state index contributed by atoms with van der Waals surface area (Å²) in [5.41, 5.74) is 1.19. The third-order valence-corrected chi connectivity index (χ3v) is 6.71. The normalized spacial score (nSPS) is 14.4. The fraction of sp³-hybridized carbons (Fsp3) is 0.364. The zero-order chi connectivity index (χ0) is 23.0. The number of amides is 1. The predicted molar refractivity (Wildman–Crippen MR) is 121 cm³/mol. The molecule has 0 atom stereocenters. The summed E-state index contributed by atoms with van der Waals surface area (Å²) in [5.74, 6) is 0.789. The number of methoxy groups -OCH3 is 1. The van der Waals surface area contributed by atoms with E-state index in [4.69, 9.17) is 14.3 Å². The molecule has 9 nitrogen and oxygen atoms in total. The van der Waals surface area contributed by atoms with Crippen LogP contribution in [0, 0.1) is 0 Å². The smallest absolute Gasteiger partial charge is 0.265 e. The maximum absolute atomic E-state index is 12.5. The van der Waals surface area contributed by atoms with E-state index in [1.165, 1.54) is 22.7 Å². The summed E-state index contributed by atoms with van der Waals surface area (Å²) in [6.07, 6.45) is 3.22. The highest BCUT2D eigenvalue weighted by molar-refractivity contribution is 7.89. The topological polar surface area (TPSA) is 107 Å². The van der Waals surface area contributed by atoms with E-state index in [1.54, 1.807) is 37.4 Å². The third-order valence-electron chi connectivity index (χ3n) is 4.80. The van der Waals surface area contributed by atoms with Crippen LogP contribution in [0.15, 0.2) is 52.5 Å². The van der Waals surface area contributed by atoms with Gasteiger partial charge in [-0.25, -0.2) is 8.42 Å². The number of sulfonamides is 1. The van der Waals surface area contributed by atoms with Gasteiger partial charge in [-0.3, -0.25) is 4.79 Å². The van der Waals surface area contributed by atoms with Crippen molar-refractivity contribution in [2.75, 3.05) is 38.7 Å². The van der Waals surface area contributed by atoms with Crippen LogP contribution in [0.2, 0.25) is 0 Å². The number of oxime groups is 1. The summed E-state index contributed by atoms with van der Waals surface area (Å²) in [6.45, 7) is 3.21. The van der Waals surface area contributed by atoms with Crippen LogP contribution in [-0.4, -0.2) is 58.3 Å². The van der Waals surface area contributed by atoms with Crippen molar-refractivity contribution in [2.24, 2.45) is 5.16 Å². The molecule has 3 rings (SSSR count). The molecule has 0 aliphatic carbocycles. The van der Waals surface area contributed by atoms with Gasteiger partial charge in [-0.15, -0.1) is 0 Å². The van der Waals surface area contributed by atoms with Gasteiger partial charge in [-0.1, -0.05) is 5.16 Å². The molecule has 172 valence electrons. The fourth-order valence-corrected chi connectivity index (χ4v) is 4.74. The highest BCUT2D eigenvalue weighted by atomic mass is 32.2. The fourth-order valence-electron chi connectivity index (χ4n) is 3.22. The second-order valence-corrected chi connectivity index (χ2v) is 8.97. The maximum atomic E-state index is 12.5. The summed E-state index contributed by atoms with van der Waals surface area (Å²) in [4.78, 5) is 17.3. The molecular weight excluding hydrogens is 434 g/mol. The van der Waals surface area contributed by atoms with Crippen LogP contribution < -0.4 is 14.8 Å². The van der Waals surface area contributed by atoms with Gasteiger partial charge in [0, 0.05) is 24.3 Å². The molecule has 1 saturated heterocycles. The molecule has 32 heavy (non-hydrogen) atoms. The number of benzene rings is 2. The Morgan fingerprint density at radius 1 is 1.12 bits per heavy atom. The SMILES string of the molecule is CCOc1ccc(/C=N/OCC(=O)Nc2ccc(S(=O)(=O)N3CCCC3)cc2)cc1OC. The average Bonchev–Trinajstić information content (AvgIpc) is 3.34. The monoisotopic (exact) mass is 461 g/mol. The van der Waals surface area contributed by atoms with E-state index in [0.717, 1.165) is 18.4 Å². The minimum atomic E-state index is -3.48. The van der Waals surface area contributed by atoms with Gasteiger partial charge >= 0.3 is 0 Å². The molecule has 2 aromatic rings. The number of rotatable bonds is 10. The van der Waals surface area contributed by atoms with Crippen molar-refractivity contribution in [3.05, 3.63) is 48.0 Å². The first-order chi connectivity index (χ1) is 15.4. The lowest BCUT2D eigenvalue weighted by Gasteiger charge is -2.15. The molecule has 0 aromatic heterocycles. The standard InChI is InChI=1S/C22H27N3O6S/c1-3-30-20-11-6-17(14-21(20)29-2)15-23-31-16-22(26)24-18-7-9-19(10-8-18)32(27,28)25-12-4-5-13-25/h6-11,14-15H,3-5,12-13,16H2,1-2H3,(H,24,26)/b23-15+. The largest absolute Gasteiger partial charge is 0.493 e. The first-order valence-electron chi connectivity index (χ1n) is 10.3. The molecule has 1 amide bonds. The molecule has 2 aromatic carbocycles. The van der Waals surface area contributed by atoms with Gasteiger partial charge < -0.3 is 19.6 Å². The van der Waals surface area contributed by atoms with E-state index in [1.807, 2.05) is 6.92 Å². The lowest BCUT2D eigenvalue weighted by atomic mass is 10.2. The quantitative estimate of drug-likeness (QED) is 0.431. The highest BCUT2D eigenvalue weighted by Gasteiger charge is 2.26. The van der Waals surface area contributed by atoms with Gasteiger partial charge in [0.1, 0.15) is 0 Å². The Balaban J connectivity index is 1.50. The lowest BCUT2D eigenvalue weighted by molar-refractivity contribution is -0.120. The Kier molecular flexibility index (Phi) is 8.07. The lowest BCUT2D eigenvalue weighted by Crippen LogP contribution is -2.27. The molecule has 0 saturated carbocycles. The number of carbonyl (C=O) groups excluding carboxylic acids is 1. The Morgan fingerprint density at radius 2 is 1.84 bits per heavy atom. The second kappa shape index (κ2) is 11.0. The molecule has 1 fully saturated rings. The van der Waals surface area contributed by atoms with E-state index in [-0.39, 0.29) is 11.5 Å². The molecule has 0 radical (unpaired) electrons. The number of nitrogens with zero attached hydrogens (tertiary/aromatic N) is 2. The van der Waals surface area contributed by atoms with Crippen LogP contribution in [0.3, 0.4) is 0 Å². The maximum Gasteiger partial charge on any atom is 0.265 e. The second-order valence-electron chi connectivity index (χ2n) is 7.04. The van der Waals surface area contributed by atoms with Gasteiger partial charge in [-0.05, 0) is 62.2 Å². The Hall–Kier alpha value is -3.11. The van der Waals surface area contributed by atoms with E-state index in [2.05, 4.69) is 10.5 Å². The summed E-state index contributed by atoms with van der Waals surface area (Å²) in [7, 11) is -1.93. The summed E-state index contributed by atoms with van der Waals surface area (Å²) in [5, 5.41) is 6.44. The molecule has 0 bridgehead atoms. The molecular formula is C22H27N3O6S. The van der Waals surface area contributed by atoms with Gasteiger partial charge in [0.05, 0.1) is 24.8 Å². The first-order valence-corrected chi connectivity index (χ1v) is 11.7. The van der Waals surface area contributed by atoms with Crippen LogP contribution in [0.4, 0.5) is 5.69 Å². The van der Waals surface area contributed by atoms with Crippen LogP contribution in [0.1, 0.15) is 25.3 Å². The Bertz CT molecular complexity index is 1050. The van der Waals surface area contributed by atoms with Gasteiger partial charge in [-0.2, -0.15) is 4.31 Å². The van der Waals surface area contributed by atoms with Crippen molar-refractivity contribution >= 4 is 27.8 Å². The minimum absolute atomic E-state index is 0.212. The van der Waals surface area contributed by atoms with Crippen LogP contribution in [0.25, 0.3) is 0 Å². The van der Waals surface area contributed by atoms with E-state index >= 15 is 0 Å². The van der Waals surface area contributed by atoms with Crippen molar-refractivity contribution in [2.45, 2.75) is 24.7 Å². The minimum Gasteiger partial charge on any atom is -0.493 e. The predicted octanol–water partition coefficient (Wildman–Crippen LogP) is 2.87. The zero-order valence-corrected chi connectivity index (χ0v) is 18.9. The number of nitrogens with one attached hydrogen (secondary N) is 1. The van der Waals surface area contributed by atoms with E-state index < -0.39 is 15.9 Å². The average molecular weight is 462 g/mol. The van der Waals surface area contributed by atoms with E-state index in [0.29, 0.717) is 36.9 Å². The Labute approximate surface area is 188 Å². The van der Waals surface area contributed by atoms with Crippen molar-refractivity contribution < 1.29 is 27.5 Å². The molecule has 1 N–H and O–H groups in total. The highest BCUT2D eigenvalue weighted by Crippen LogP contribution is 2.27. The van der Waals surface area contributed by atoms with E-state index in [9.17, 15) is 13.2 Å². The summed E-state index contributed by atoms with van der Waals surface area (Å²) in [6, 6.07) is 11.4. The van der Waals surface area contributed by atoms with Crippen LogP contribution in [0.5, 0.6) is 11.5 Å². The molecule has 1 heterocycles.